The number of aromatic nitrogens is 4. The van der Waals surface area contributed by atoms with Crippen LogP contribution in [-0.4, -0.2) is 33.0 Å². The van der Waals surface area contributed by atoms with Crippen LogP contribution < -0.4 is 5.32 Å². The molecule has 3 heterocycles. The topological polar surface area (TPSA) is 66.5 Å². The molecule has 5 nitrogen and oxygen atoms in total. The van der Waals surface area contributed by atoms with Crippen molar-refractivity contribution < 1.29 is 0 Å². The maximum absolute atomic E-state index is 3.91. The number of nitrogens with zero attached hydrogens (tertiary/aromatic N) is 3. The van der Waals surface area contributed by atoms with Crippen LogP contribution in [0.1, 0.15) is 12.8 Å². The number of nitrogens with one attached hydrogen (secondary N) is 2. The lowest BCUT2D eigenvalue weighted by atomic mass is 10.4. The number of hydrogen-bond acceptors (Lipinski definition) is 4. The quantitative estimate of drug-likeness (QED) is 0.644. The Morgan fingerprint density at radius 1 is 1.14 bits per heavy atom. The molecule has 2 aromatic heterocycles. The van der Waals surface area contributed by atoms with E-state index < -0.39 is 0 Å². The minimum atomic E-state index is 0.713. The summed E-state index contributed by atoms with van der Waals surface area (Å²) in [6.45, 7) is 2.50. The van der Waals surface area contributed by atoms with Crippen LogP contribution in [0, 0.1) is 0 Å². The maximum atomic E-state index is 3.91. The number of rotatable bonds is 0. The van der Waals surface area contributed by atoms with E-state index in [-0.39, 0.29) is 0 Å². The van der Waals surface area contributed by atoms with E-state index in [1.54, 1.807) is 12.5 Å². The molecule has 14 heavy (non-hydrogen) atoms. The first kappa shape index (κ1) is 9.08. The molecule has 3 rings (SSSR count). The van der Waals surface area contributed by atoms with Gasteiger partial charge in [0, 0.05) is 0 Å². The van der Waals surface area contributed by atoms with Gasteiger partial charge in [0.05, 0.1) is 12.5 Å². The van der Waals surface area contributed by atoms with Crippen LogP contribution in [0.25, 0.3) is 11.2 Å². The smallest absolute Gasteiger partial charge is 0.180 e. The summed E-state index contributed by atoms with van der Waals surface area (Å²) in [6, 6.07) is 0. The van der Waals surface area contributed by atoms with Gasteiger partial charge in [0.2, 0.25) is 0 Å². The van der Waals surface area contributed by atoms with E-state index in [1.807, 2.05) is 0 Å². The second-order valence-corrected chi connectivity index (χ2v) is 3.12. The molecule has 1 saturated heterocycles. The first-order valence-electron chi connectivity index (χ1n) is 4.76. The highest BCUT2D eigenvalue weighted by Crippen LogP contribution is 1.99. The summed E-state index contributed by atoms with van der Waals surface area (Å²) >= 11 is 0. The summed E-state index contributed by atoms with van der Waals surface area (Å²) in [5.41, 5.74) is 1.59. The molecular weight excluding hydrogens is 178 g/mol. The lowest BCUT2D eigenvalue weighted by Crippen LogP contribution is -2.03. The average molecular weight is 191 g/mol. The van der Waals surface area contributed by atoms with Crippen molar-refractivity contribution >= 4 is 11.2 Å². The molecule has 5 heteroatoms. The Kier molecular flexibility index (Phi) is 3.03. The first-order chi connectivity index (χ1) is 6.97. The van der Waals surface area contributed by atoms with Gasteiger partial charge in [-0.2, -0.15) is 0 Å². The van der Waals surface area contributed by atoms with Crippen LogP contribution in [0.3, 0.4) is 0 Å². The SMILES string of the molecule is C1CCNC1.c1ncc2[nH]cnc2n1. The fourth-order valence-corrected chi connectivity index (χ4v) is 1.32. The molecule has 1 aliphatic rings. The second kappa shape index (κ2) is 4.66. The van der Waals surface area contributed by atoms with Gasteiger partial charge in [0.15, 0.2) is 5.65 Å². The molecule has 0 radical (unpaired) electrons. The predicted molar refractivity (Wildman–Crippen MR) is 53.8 cm³/mol. The van der Waals surface area contributed by atoms with Crippen LogP contribution in [0.2, 0.25) is 0 Å². The van der Waals surface area contributed by atoms with Gasteiger partial charge in [-0.15, -0.1) is 0 Å². The van der Waals surface area contributed by atoms with Gasteiger partial charge in [-0.1, -0.05) is 0 Å². The number of fused-ring (bicyclic) bond motifs is 1. The number of H-pyrrole nitrogens is 1. The average Bonchev–Trinajstić information content (AvgIpc) is 2.92. The van der Waals surface area contributed by atoms with E-state index in [0.29, 0.717) is 5.65 Å². The summed E-state index contributed by atoms with van der Waals surface area (Å²) in [5, 5.41) is 3.22. The molecule has 74 valence electrons. The number of hydrogen-bond donors (Lipinski definition) is 2. The van der Waals surface area contributed by atoms with Crippen molar-refractivity contribution in [2.24, 2.45) is 0 Å². The fraction of sp³-hybridized carbons (Fsp3) is 0.444. The number of imidazole rings is 1. The lowest BCUT2D eigenvalue weighted by molar-refractivity contribution is 0.857. The summed E-state index contributed by atoms with van der Waals surface area (Å²) in [7, 11) is 0. The first-order valence-corrected chi connectivity index (χ1v) is 4.76. The molecular formula is C9H13N5. The van der Waals surface area contributed by atoms with Crippen molar-refractivity contribution in [2.75, 3.05) is 13.1 Å². The van der Waals surface area contributed by atoms with Crippen LogP contribution in [0.5, 0.6) is 0 Å². The minimum absolute atomic E-state index is 0.713. The molecule has 0 aromatic carbocycles. The summed E-state index contributed by atoms with van der Waals surface area (Å²) in [4.78, 5) is 14.5. The van der Waals surface area contributed by atoms with E-state index in [0.717, 1.165) is 5.52 Å². The number of aromatic amines is 1. The van der Waals surface area contributed by atoms with Gasteiger partial charge in [-0.3, -0.25) is 0 Å². The normalized spacial score (nSPS) is 15.1. The zero-order valence-corrected chi connectivity index (χ0v) is 7.90. The van der Waals surface area contributed by atoms with E-state index in [2.05, 4.69) is 25.3 Å². The standard InChI is InChI=1S/C5H4N4.C4H9N/c1-4-5(8-2-6-1)9-3-7-4;1-2-4-5-3-1/h1-3H,(H,6,7,8,9);5H,1-4H2. The second-order valence-electron chi connectivity index (χ2n) is 3.12. The zero-order valence-electron chi connectivity index (χ0n) is 7.90. The molecule has 2 N–H and O–H groups in total. The fourth-order valence-electron chi connectivity index (χ4n) is 1.32. The molecule has 0 amide bonds. The van der Waals surface area contributed by atoms with Crippen molar-refractivity contribution in [2.45, 2.75) is 12.8 Å². The van der Waals surface area contributed by atoms with Crippen LogP contribution in [0.4, 0.5) is 0 Å². The van der Waals surface area contributed by atoms with Gasteiger partial charge >= 0.3 is 0 Å². The van der Waals surface area contributed by atoms with Crippen molar-refractivity contribution in [3.05, 3.63) is 18.9 Å². The van der Waals surface area contributed by atoms with Crippen LogP contribution in [-0.2, 0) is 0 Å². The summed E-state index contributed by atoms with van der Waals surface area (Å²) < 4.78 is 0. The summed E-state index contributed by atoms with van der Waals surface area (Å²) in [5.74, 6) is 0. The van der Waals surface area contributed by atoms with Crippen molar-refractivity contribution in [1.82, 2.24) is 25.3 Å². The van der Waals surface area contributed by atoms with E-state index in [9.17, 15) is 0 Å². The molecule has 1 fully saturated rings. The van der Waals surface area contributed by atoms with Gasteiger partial charge in [0.25, 0.3) is 0 Å². The van der Waals surface area contributed by atoms with Gasteiger partial charge in [-0.25, -0.2) is 15.0 Å². The minimum Gasteiger partial charge on any atom is -0.342 e. The molecule has 2 aromatic rings. The third-order valence-electron chi connectivity index (χ3n) is 2.06. The molecule has 0 aliphatic carbocycles. The van der Waals surface area contributed by atoms with E-state index >= 15 is 0 Å². The van der Waals surface area contributed by atoms with E-state index in [4.69, 9.17) is 0 Å². The van der Waals surface area contributed by atoms with Crippen molar-refractivity contribution in [3.8, 4) is 0 Å². The van der Waals surface area contributed by atoms with E-state index in [1.165, 1.54) is 32.3 Å². The van der Waals surface area contributed by atoms with Crippen LogP contribution in [0.15, 0.2) is 18.9 Å². The Bertz CT molecular complexity index is 341. The predicted octanol–water partition coefficient (Wildman–Crippen LogP) is 0.723. The largest absolute Gasteiger partial charge is 0.342 e. The Morgan fingerprint density at radius 2 is 2.00 bits per heavy atom. The monoisotopic (exact) mass is 191 g/mol. The molecule has 0 bridgehead atoms. The molecule has 0 atom stereocenters. The highest BCUT2D eigenvalue weighted by Gasteiger charge is 1.93. The maximum Gasteiger partial charge on any atom is 0.180 e. The van der Waals surface area contributed by atoms with Crippen molar-refractivity contribution in [1.29, 1.82) is 0 Å². The highest BCUT2D eigenvalue weighted by atomic mass is 15.0. The molecule has 0 saturated carbocycles. The summed E-state index contributed by atoms with van der Waals surface area (Å²) in [6.07, 6.45) is 7.54. The van der Waals surface area contributed by atoms with Crippen molar-refractivity contribution in [3.63, 3.8) is 0 Å². The van der Waals surface area contributed by atoms with Gasteiger partial charge < -0.3 is 10.3 Å². The Hall–Kier alpha value is -1.49. The Balaban J connectivity index is 0.000000128. The Labute approximate surface area is 82.0 Å². The Morgan fingerprint density at radius 3 is 2.64 bits per heavy atom. The van der Waals surface area contributed by atoms with Gasteiger partial charge in [0.1, 0.15) is 11.8 Å². The van der Waals surface area contributed by atoms with Crippen LogP contribution >= 0.6 is 0 Å². The molecule has 1 aliphatic heterocycles. The third-order valence-corrected chi connectivity index (χ3v) is 2.06. The molecule has 0 unspecified atom stereocenters. The molecule has 0 spiro atoms. The van der Waals surface area contributed by atoms with Gasteiger partial charge in [-0.05, 0) is 25.9 Å². The highest BCUT2D eigenvalue weighted by molar-refractivity contribution is 5.67. The lowest BCUT2D eigenvalue weighted by Gasteiger charge is -1.80. The third kappa shape index (κ3) is 2.26. The zero-order chi connectivity index (χ0) is 9.64.